The van der Waals surface area contributed by atoms with Crippen LogP contribution in [0.2, 0.25) is 0 Å². The minimum atomic E-state index is -0.0833. The number of aldehydes is 1. The van der Waals surface area contributed by atoms with Crippen LogP contribution in [0.3, 0.4) is 0 Å². The van der Waals surface area contributed by atoms with Gasteiger partial charge in [-0.05, 0) is 18.2 Å². The molecule has 0 aliphatic rings. The summed E-state index contributed by atoms with van der Waals surface area (Å²) >= 11 is 0. The van der Waals surface area contributed by atoms with E-state index in [0.29, 0.717) is 24.3 Å². The molecule has 1 aromatic rings. The van der Waals surface area contributed by atoms with E-state index >= 15 is 0 Å². The third-order valence-electron chi connectivity index (χ3n) is 2.45. The Morgan fingerprint density at radius 3 is 2.60 bits per heavy atom. The number of benzene rings is 1. The molecule has 0 amide bonds. The fourth-order valence-electron chi connectivity index (χ4n) is 1.56. The fraction of sp³-hybridized carbons (Fsp3) is 0.357. The summed E-state index contributed by atoms with van der Waals surface area (Å²) in [5.74, 6) is 0.521. The molecular formula is C14H19N3O3. The van der Waals surface area contributed by atoms with Gasteiger partial charge >= 0.3 is 0 Å². The van der Waals surface area contributed by atoms with E-state index in [1.807, 2.05) is 19.0 Å². The molecule has 0 radical (unpaired) electrons. The molecule has 0 unspecified atom stereocenters. The predicted molar refractivity (Wildman–Crippen MR) is 78.3 cm³/mol. The van der Waals surface area contributed by atoms with E-state index in [1.54, 1.807) is 18.2 Å². The summed E-state index contributed by atoms with van der Waals surface area (Å²) in [7, 11) is 3.72. The number of hydrogen-bond donors (Lipinski definition) is 2. The average molecular weight is 277 g/mol. The first kappa shape index (κ1) is 15.7. The summed E-state index contributed by atoms with van der Waals surface area (Å²) in [6.45, 7) is 1.79. The van der Waals surface area contributed by atoms with Crippen molar-refractivity contribution in [2.45, 2.75) is 13.3 Å². The Bertz CT molecular complexity index is 512. The number of anilines is 1. The van der Waals surface area contributed by atoms with Gasteiger partial charge in [-0.2, -0.15) is 0 Å². The summed E-state index contributed by atoms with van der Waals surface area (Å²) in [4.78, 5) is 12.2. The standard InChI is InChI=1S/C14H19N3O3/c1-10(15)20-14(16)11-5-6-13(19-8-4-7-18)12(9-11)17(2)3/h5-7,9,15-16H,4,8H2,1-3H3. The molecule has 108 valence electrons. The van der Waals surface area contributed by atoms with Gasteiger partial charge in [-0.1, -0.05) is 0 Å². The maximum atomic E-state index is 10.3. The molecule has 20 heavy (non-hydrogen) atoms. The van der Waals surface area contributed by atoms with E-state index in [9.17, 15) is 4.79 Å². The zero-order valence-electron chi connectivity index (χ0n) is 11.9. The number of rotatable bonds is 6. The lowest BCUT2D eigenvalue weighted by molar-refractivity contribution is -0.108. The summed E-state index contributed by atoms with van der Waals surface area (Å²) < 4.78 is 10.5. The van der Waals surface area contributed by atoms with Gasteiger partial charge in [0.05, 0.1) is 12.3 Å². The SMILES string of the molecule is CC(=N)OC(=N)c1ccc(OCCC=O)c(N(C)C)c1. The summed E-state index contributed by atoms with van der Waals surface area (Å²) in [5.41, 5.74) is 1.34. The van der Waals surface area contributed by atoms with Crippen molar-refractivity contribution < 1.29 is 14.3 Å². The van der Waals surface area contributed by atoms with Crippen LogP contribution in [0, 0.1) is 10.8 Å². The maximum absolute atomic E-state index is 10.3. The number of nitrogens with zero attached hydrogens (tertiary/aromatic N) is 1. The first-order valence-corrected chi connectivity index (χ1v) is 6.15. The van der Waals surface area contributed by atoms with Crippen molar-refractivity contribution in [1.29, 1.82) is 10.8 Å². The van der Waals surface area contributed by atoms with E-state index < -0.39 is 0 Å². The van der Waals surface area contributed by atoms with Gasteiger partial charge in [0.25, 0.3) is 0 Å². The highest BCUT2D eigenvalue weighted by Crippen LogP contribution is 2.28. The second kappa shape index (κ2) is 7.28. The van der Waals surface area contributed by atoms with Crippen LogP contribution in [0.25, 0.3) is 0 Å². The third-order valence-corrected chi connectivity index (χ3v) is 2.45. The van der Waals surface area contributed by atoms with Crippen LogP contribution in [0.4, 0.5) is 5.69 Å². The van der Waals surface area contributed by atoms with Crippen LogP contribution < -0.4 is 9.64 Å². The van der Waals surface area contributed by atoms with Gasteiger partial charge in [0.1, 0.15) is 12.0 Å². The van der Waals surface area contributed by atoms with Gasteiger partial charge < -0.3 is 19.2 Å². The van der Waals surface area contributed by atoms with E-state index in [-0.39, 0.29) is 11.8 Å². The molecule has 0 bridgehead atoms. The molecule has 0 aromatic heterocycles. The number of hydrogen-bond acceptors (Lipinski definition) is 6. The van der Waals surface area contributed by atoms with Crippen LogP contribution in [0.5, 0.6) is 5.75 Å². The van der Waals surface area contributed by atoms with Crippen molar-refractivity contribution in [3.05, 3.63) is 23.8 Å². The quantitative estimate of drug-likeness (QED) is 0.360. The molecule has 0 spiro atoms. The van der Waals surface area contributed by atoms with Gasteiger partial charge in [-0.25, -0.2) is 0 Å². The molecule has 1 rings (SSSR count). The zero-order chi connectivity index (χ0) is 15.1. The van der Waals surface area contributed by atoms with Crippen LogP contribution in [0.1, 0.15) is 18.9 Å². The van der Waals surface area contributed by atoms with Crippen molar-refractivity contribution in [2.75, 3.05) is 25.6 Å². The van der Waals surface area contributed by atoms with Gasteiger partial charge in [0.2, 0.25) is 5.90 Å². The molecule has 1 aromatic carbocycles. The Kier molecular flexibility index (Phi) is 5.71. The summed E-state index contributed by atoms with van der Waals surface area (Å²) in [5, 5.41) is 15.0. The van der Waals surface area contributed by atoms with E-state index in [1.165, 1.54) is 6.92 Å². The van der Waals surface area contributed by atoms with Crippen molar-refractivity contribution >= 4 is 23.8 Å². The lowest BCUT2D eigenvalue weighted by Crippen LogP contribution is -2.14. The van der Waals surface area contributed by atoms with E-state index in [2.05, 4.69) is 0 Å². The fourth-order valence-corrected chi connectivity index (χ4v) is 1.56. The Labute approximate surface area is 118 Å². The highest BCUT2D eigenvalue weighted by molar-refractivity contribution is 5.99. The number of carbonyl (C=O) groups excluding carboxylic acids is 1. The third kappa shape index (κ3) is 4.38. The normalized spacial score (nSPS) is 9.75. The smallest absolute Gasteiger partial charge is 0.220 e. The van der Waals surface area contributed by atoms with Crippen LogP contribution >= 0.6 is 0 Å². The molecule has 0 fully saturated rings. The molecule has 0 atom stereocenters. The highest BCUT2D eigenvalue weighted by atomic mass is 16.5. The lowest BCUT2D eigenvalue weighted by atomic mass is 10.1. The topological polar surface area (TPSA) is 86.5 Å². The molecule has 2 N–H and O–H groups in total. The Morgan fingerprint density at radius 2 is 2.05 bits per heavy atom. The van der Waals surface area contributed by atoms with Gasteiger partial charge in [0.15, 0.2) is 5.90 Å². The monoisotopic (exact) mass is 277 g/mol. The number of carbonyl (C=O) groups is 1. The van der Waals surface area contributed by atoms with Crippen molar-refractivity contribution in [1.82, 2.24) is 0 Å². The minimum Gasteiger partial charge on any atom is -0.491 e. The van der Waals surface area contributed by atoms with E-state index in [4.69, 9.17) is 20.3 Å². The minimum absolute atomic E-state index is 0.0345. The Hall–Kier alpha value is -2.37. The first-order valence-electron chi connectivity index (χ1n) is 6.15. The van der Waals surface area contributed by atoms with Crippen LogP contribution in [-0.2, 0) is 9.53 Å². The van der Waals surface area contributed by atoms with Crippen molar-refractivity contribution in [2.24, 2.45) is 0 Å². The molecule has 6 heteroatoms. The number of ether oxygens (including phenoxy) is 2. The molecule has 0 saturated carbocycles. The molecule has 0 aliphatic carbocycles. The lowest BCUT2D eigenvalue weighted by Gasteiger charge is -2.19. The summed E-state index contributed by atoms with van der Waals surface area (Å²) in [6.07, 6.45) is 1.14. The second-order valence-corrected chi connectivity index (χ2v) is 4.37. The average Bonchev–Trinajstić information content (AvgIpc) is 2.38. The first-order chi connectivity index (χ1) is 9.45. The predicted octanol–water partition coefficient (Wildman–Crippen LogP) is 2.06. The number of nitrogens with one attached hydrogen (secondary N) is 2. The molecule has 0 heterocycles. The Balaban J connectivity index is 2.97. The molecule has 0 saturated heterocycles. The summed E-state index contributed by atoms with van der Waals surface area (Å²) in [6, 6.07) is 5.17. The van der Waals surface area contributed by atoms with Gasteiger partial charge in [-0.15, -0.1) is 0 Å². The largest absolute Gasteiger partial charge is 0.491 e. The van der Waals surface area contributed by atoms with Gasteiger partial charge in [0, 0.05) is 33.0 Å². The van der Waals surface area contributed by atoms with Crippen molar-refractivity contribution in [3.8, 4) is 5.75 Å². The molecule has 6 nitrogen and oxygen atoms in total. The van der Waals surface area contributed by atoms with Crippen LogP contribution in [-0.4, -0.2) is 38.8 Å². The Morgan fingerprint density at radius 1 is 1.35 bits per heavy atom. The van der Waals surface area contributed by atoms with E-state index in [0.717, 1.165) is 12.0 Å². The van der Waals surface area contributed by atoms with Crippen LogP contribution in [0.15, 0.2) is 18.2 Å². The molecule has 0 aliphatic heterocycles. The maximum Gasteiger partial charge on any atom is 0.220 e. The highest BCUT2D eigenvalue weighted by Gasteiger charge is 2.11. The molecular weight excluding hydrogens is 258 g/mol. The van der Waals surface area contributed by atoms with Crippen molar-refractivity contribution in [3.63, 3.8) is 0 Å². The zero-order valence-corrected chi connectivity index (χ0v) is 11.9. The van der Waals surface area contributed by atoms with Gasteiger partial charge in [-0.3, -0.25) is 10.8 Å². The second-order valence-electron chi connectivity index (χ2n) is 4.37.